The summed E-state index contributed by atoms with van der Waals surface area (Å²) >= 11 is 0. The average molecular weight is 334 g/mol. The van der Waals surface area contributed by atoms with Crippen LogP contribution in [0.15, 0.2) is 41.0 Å². The molecule has 2 rings (SSSR count). The maximum Gasteiger partial charge on any atom is 0.299 e. The van der Waals surface area contributed by atoms with E-state index in [0.717, 1.165) is 12.1 Å². The van der Waals surface area contributed by atoms with E-state index >= 15 is 0 Å². The molecule has 0 bridgehead atoms. The van der Waals surface area contributed by atoms with E-state index in [9.17, 15) is 25.0 Å². The van der Waals surface area contributed by atoms with Gasteiger partial charge in [0.15, 0.2) is 0 Å². The molecule has 24 heavy (non-hydrogen) atoms. The SMILES string of the molecule is CC(Nc1ccc([N+](=O)[O-])cc1[N+](=O)[O-])C(=O)NCc1ccco1. The van der Waals surface area contributed by atoms with E-state index in [2.05, 4.69) is 10.6 Å². The molecule has 1 unspecified atom stereocenters. The number of furan rings is 1. The maximum atomic E-state index is 12.0. The summed E-state index contributed by atoms with van der Waals surface area (Å²) in [5, 5.41) is 27.1. The Morgan fingerprint density at radius 3 is 2.58 bits per heavy atom. The highest BCUT2D eigenvalue weighted by molar-refractivity contribution is 5.85. The number of anilines is 1. The van der Waals surface area contributed by atoms with Gasteiger partial charge in [-0.05, 0) is 25.1 Å². The molecule has 0 saturated carbocycles. The maximum absolute atomic E-state index is 12.0. The van der Waals surface area contributed by atoms with Gasteiger partial charge in [0.05, 0.1) is 28.7 Å². The number of amides is 1. The molecule has 2 N–H and O–H groups in total. The van der Waals surface area contributed by atoms with Crippen molar-refractivity contribution in [2.45, 2.75) is 19.5 Å². The second-order valence-electron chi connectivity index (χ2n) is 4.88. The van der Waals surface area contributed by atoms with Crippen molar-refractivity contribution in [3.05, 3.63) is 62.6 Å². The van der Waals surface area contributed by atoms with Crippen molar-refractivity contribution in [3.63, 3.8) is 0 Å². The smallest absolute Gasteiger partial charge is 0.299 e. The predicted octanol–water partition coefficient (Wildman–Crippen LogP) is 2.21. The summed E-state index contributed by atoms with van der Waals surface area (Å²) in [7, 11) is 0. The zero-order valence-electron chi connectivity index (χ0n) is 12.6. The molecule has 0 saturated heterocycles. The largest absolute Gasteiger partial charge is 0.467 e. The van der Waals surface area contributed by atoms with Crippen LogP contribution >= 0.6 is 0 Å². The van der Waals surface area contributed by atoms with E-state index in [1.165, 1.54) is 19.3 Å². The highest BCUT2D eigenvalue weighted by atomic mass is 16.6. The molecule has 126 valence electrons. The zero-order chi connectivity index (χ0) is 17.7. The molecule has 0 aliphatic heterocycles. The van der Waals surface area contributed by atoms with Gasteiger partial charge < -0.3 is 15.1 Å². The molecule has 0 fully saturated rings. The number of hydrogen-bond donors (Lipinski definition) is 2. The minimum absolute atomic E-state index is 0.0197. The Labute approximate surface area is 135 Å². The first-order chi connectivity index (χ1) is 11.4. The number of nitro groups is 2. The summed E-state index contributed by atoms with van der Waals surface area (Å²) in [5.41, 5.74) is -0.858. The van der Waals surface area contributed by atoms with E-state index in [-0.39, 0.29) is 12.2 Å². The molecule has 1 atom stereocenters. The standard InChI is InChI=1S/C14H14N4O6/c1-9(14(19)15-8-11-3-2-6-24-11)16-12-5-4-10(17(20)21)7-13(12)18(22)23/h2-7,9,16H,8H2,1H3,(H,15,19). The number of carbonyl (C=O) groups excluding carboxylic acids is 1. The summed E-state index contributed by atoms with van der Waals surface area (Å²) < 4.78 is 5.08. The number of carbonyl (C=O) groups is 1. The first-order valence-corrected chi connectivity index (χ1v) is 6.88. The van der Waals surface area contributed by atoms with Gasteiger partial charge in [-0.1, -0.05) is 0 Å². The first kappa shape index (κ1) is 16.9. The molecule has 10 nitrogen and oxygen atoms in total. The molecule has 2 aromatic rings. The third kappa shape index (κ3) is 4.06. The van der Waals surface area contributed by atoms with E-state index in [1.807, 2.05) is 0 Å². The number of rotatable bonds is 7. The van der Waals surface area contributed by atoms with Crippen LogP contribution in [0.4, 0.5) is 17.1 Å². The number of hydrogen-bond acceptors (Lipinski definition) is 7. The van der Waals surface area contributed by atoms with Crippen molar-refractivity contribution in [3.8, 4) is 0 Å². The Kier molecular flexibility index (Phi) is 5.09. The van der Waals surface area contributed by atoms with Crippen LogP contribution in [-0.4, -0.2) is 21.8 Å². The van der Waals surface area contributed by atoms with Crippen molar-refractivity contribution in [2.24, 2.45) is 0 Å². The molecule has 10 heteroatoms. The number of nitro benzene ring substituents is 2. The fourth-order valence-electron chi connectivity index (χ4n) is 1.95. The van der Waals surface area contributed by atoms with Crippen LogP contribution in [-0.2, 0) is 11.3 Å². The minimum Gasteiger partial charge on any atom is -0.467 e. The van der Waals surface area contributed by atoms with Gasteiger partial charge in [-0.15, -0.1) is 0 Å². The summed E-state index contributed by atoms with van der Waals surface area (Å²) in [6, 6.07) is 5.76. The molecule has 0 radical (unpaired) electrons. The zero-order valence-corrected chi connectivity index (χ0v) is 12.6. The normalized spacial score (nSPS) is 11.5. The lowest BCUT2D eigenvalue weighted by Crippen LogP contribution is -2.37. The third-order valence-corrected chi connectivity index (χ3v) is 3.17. The van der Waals surface area contributed by atoms with Gasteiger partial charge in [0.2, 0.25) is 5.91 Å². The fourth-order valence-corrected chi connectivity index (χ4v) is 1.95. The van der Waals surface area contributed by atoms with Crippen molar-refractivity contribution >= 4 is 23.0 Å². The van der Waals surface area contributed by atoms with Crippen LogP contribution in [0.5, 0.6) is 0 Å². The topological polar surface area (TPSA) is 141 Å². The van der Waals surface area contributed by atoms with Crippen molar-refractivity contribution in [1.29, 1.82) is 0 Å². The van der Waals surface area contributed by atoms with Gasteiger partial charge in [-0.3, -0.25) is 25.0 Å². The average Bonchev–Trinajstić information content (AvgIpc) is 3.05. The molecular weight excluding hydrogens is 320 g/mol. The van der Waals surface area contributed by atoms with Crippen LogP contribution in [0.3, 0.4) is 0 Å². The van der Waals surface area contributed by atoms with Crippen LogP contribution < -0.4 is 10.6 Å². The number of benzene rings is 1. The second-order valence-corrected chi connectivity index (χ2v) is 4.88. The Hall–Kier alpha value is -3.43. The second kappa shape index (κ2) is 7.22. The van der Waals surface area contributed by atoms with E-state index in [0.29, 0.717) is 5.76 Å². The van der Waals surface area contributed by atoms with Crippen molar-refractivity contribution in [1.82, 2.24) is 5.32 Å². The predicted molar refractivity (Wildman–Crippen MR) is 83.4 cm³/mol. The Bertz CT molecular complexity index is 759. The molecule has 1 amide bonds. The van der Waals surface area contributed by atoms with Gasteiger partial charge >= 0.3 is 0 Å². The van der Waals surface area contributed by atoms with Gasteiger partial charge in [-0.25, -0.2) is 0 Å². The number of non-ortho nitro benzene ring substituents is 1. The molecular formula is C14H14N4O6. The van der Waals surface area contributed by atoms with Crippen LogP contribution in [0.1, 0.15) is 12.7 Å². The van der Waals surface area contributed by atoms with Gasteiger partial charge in [-0.2, -0.15) is 0 Å². The lowest BCUT2D eigenvalue weighted by atomic mass is 10.2. The van der Waals surface area contributed by atoms with E-state index < -0.39 is 33.2 Å². The first-order valence-electron chi connectivity index (χ1n) is 6.88. The van der Waals surface area contributed by atoms with E-state index in [4.69, 9.17) is 4.42 Å². The summed E-state index contributed by atoms with van der Waals surface area (Å²) in [5.74, 6) is 0.163. The fraction of sp³-hybridized carbons (Fsp3) is 0.214. The Balaban J connectivity index is 2.07. The third-order valence-electron chi connectivity index (χ3n) is 3.17. The van der Waals surface area contributed by atoms with Crippen molar-refractivity contribution in [2.75, 3.05) is 5.32 Å². The Morgan fingerprint density at radius 1 is 1.25 bits per heavy atom. The molecule has 0 aliphatic carbocycles. The monoisotopic (exact) mass is 334 g/mol. The van der Waals surface area contributed by atoms with Crippen molar-refractivity contribution < 1.29 is 19.1 Å². The van der Waals surface area contributed by atoms with Gasteiger partial charge in [0.1, 0.15) is 17.5 Å². The molecule has 1 aromatic carbocycles. The number of nitrogens with one attached hydrogen (secondary N) is 2. The highest BCUT2D eigenvalue weighted by Crippen LogP contribution is 2.29. The molecule has 1 heterocycles. The summed E-state index contributed by atoms with van der Waals surface area (Å²) in [6.07, 6.45) is 1.48. The minimum atomic E-state index is -0.792. The van der Waals surface area contributed by atoms with E-state index in [1.54, 1.807) is 12.1 Å². The number of nitrogens with zero attached hydrogens (tertiary/aromatic N) is 2. The summed E-state index contributed by atoms with van der Waals surface area (Å²) in [6.45, 7) is 1.70. The quantitative estimate of drug-likeness (QED) is 0.584. The molecule has 0 spiro atoms. The summed E-state index contributed by atoms with van der Waals surface area (Å²) in [4.78, 5) is 32.3. The highest BCUT2D eigenvalue weighted by Gasteiger charge is 2.22. The van der Waals surface area contributed by atoms with Crippen LogP contribution in [0, 0.1) is 20.2 Å². The lowest BCUT2D eigenvalue weighted by Gasteiger charge is -2.14. The van der Waals surface area contributed by atoms with Crippen LogP contribution in [0.2, 0.25) is 0 Å². The molecule has 0 aliphatic rings. The van der Waals surface area contributed by atoms with Gasteiger partial charge in [0.25, 0.3) is 11.4 Å². The molecule has 1 aromatic heterocycles. The van der Waals surface area contributed by atoms with Gasteiger partial charge in [0, 0.05) is 6.07 Å². The van der Waals surface area contributed by atoms with Crippen LogP contribution in [0.25, 0.3) is 0 Å². The lowest BCUT2D eigenvalue weighted by molar-refractivity contribution is -0.393. The Morgan fingerprint density at radius 2 is 2.00 bits per heavy atom.